The molecule has 1 N–H and O–H groups in total. The molecule has 0 aliphatic rings. The molecule has 0 atom stereocenters. The van der Waals surface area contributed by atoms with Crippen molar-refractivity contribution in [3.63, 3.8) is 0 Å². The molecule has 0 fully saturated rings. The topological polar surface area (TPSA) is 94.6 Å². The lowest BCUT2D eigenvalue weighted by atomic mass is 9.92. The summed E-state index contributed by atoms with van der Waals surface area (Å²) >= 11 is 5.86. The van der Waals surface area contributed by atoms with E-state index < -0.39 is 46.6 Å². The normalized spacial score (nSPS) is 11.7. The van der Waals surface area contributed by atoms with Crippen molar-refractivity contribution in [3.05, 3.63) is 28.5 Å². The van der Waals surface area contributed by atoms with Crippen molar-refractivity contribution in [3.8, 4) is 0 Å². The Labute approximate surface area is 158 Å². The summed E-state index contributed by atoms with van der Waals surface area (Å²) < 4.78 is 48.0. The van der Waals surface area contributed by atoms with Gasteiger partial charge in [0, 0.05) is 19.5 Å². The Hall–Kier alpha value is -2.36. The summed E-state index contributed by atoms with van der Waals surface area (Å²) in [6.07, 6.45) is -4.82. The first-order valence-electron chi connectivity index (χ1n) is 7.82. The SMILES string of the molecule is CCOC(=O)C(Cc1ncc(C(F)(F)F)cc1Cl)(NC(C)=O)C(=O)OCC. The molecule has 27 heavy (non-hydrogen) atoms. The number of halogens is 4. The third kappa shape index (κ3) is 5.56. The highest BCUT2D eigenvalue weighted by Crippen LogP contribution is 2.32. The van der Waals surface area contributed by atoms with Crippen molar-refractivity contribution >= 4 is 29.4 Å². The van der Waals surface area contributed by atoms with Crippen LogP contribution in [0.5, 0.6) is 0 Å². The minimum atomic E-state index is -4.67. The summed E-state index contributed by atoms with van der Waals surface area (Å²) in [5.41, 5.74) is -3.66. The Bertz CT molecular complexity index is 706. The largest absolute Gasteiger partial charge is 0.464 e. The van der Waals surface area contributed by atoms with Crippen LogP contribution in [0, 0.1) is 0 Å². The number of alkyl halides is 3. The van der Waals surface area contributed by atoms with Crippen LogP contribution in [0.25, 0.3) is 0 Å². The molecule has 1 aromatic heterocycles. The molecular formula is C16H18ClF3N2O5. The van der Waals surface area contributed by atoms with E-state index in [4.69, 9.17) is 21.1 Å². The van der Waals surface area contributed by atoms with E-state index >= 15 is 0 Å². The quantitative estimate of drug-likeness (QED) is 0.547. The Morgan fingerprint density at radius 3 is 2.04 bits per heavy atom. The summed E-state index contributed by atoms with van der Waals surface area (Å²) in [4.78, 5) is 40.2. The zero-order valence-electron chi connectivity index (χ0n) is 14.8. The lowest BCUT2D eigenvalue weighted by Gasteiger charge is -2.29. The van der Waals surface area contributed by atoms with Gasteiger partial charge in [-0.15, -0.1) is 0 Å². The minimum Gasteiger partial charge on any atom is -0.464 e. The predicted molar refractivity (Wildman–Crippen MR) is 87.8 cm³/mol. The first-order valence-corrected chi connectivity index (χ1v) is 8.20. The third-order valence-electron chi connectivity index (χ3n) is 3.31. The number of hydrogen-bond acceptors (Lipinski definition) is 6. The molecule has 1 rings (SSSR count). The van der Waals surface area contributed by atoms with Gasteiger partial charge in [-0.05, 0) is 19.9 Å². The molecule has 150 valence electrons. The molecule has 0 saturated carbocycles. The van der Waals surface area contributed by atoms with Crippen LogP contribution >= 0.6 is 11.6 Å². The third-order valence-corrected chi connectivity index (χ3v) is 3.64. The van der Waals surface area contributed by atoms with Crippen molar-refractivity contribution in [2.24, 2.45) is 0 Å². The monoisotopic (exact) mass is 410 g/mol. The molecule has 0 bridgehead atoms. The average molecular weight is 411 g/mol. The Kier molecular flexibility index (Phi) is 7.58. The average Bonchev–Trinajstić information content (AvgIpc) is 2.54. The molecule has 0 radical (unpaired) electrons. The van der Waals surface area contributed by atoms with Gasteiger partial charge in [0.2, 0.25) is 11.4 Å². The Morgan fingerprint density at radius 1 is 1.15 bits per heavy atom. The summed E-state index contributed by atoms with van der Waals surface area (Å²) in [6, 6.07) is 0.610. The van der Waals surface area contributed by atoms with Gasteiger partial charge in [-0.25, -0.2) is 9.59 Å². The van der Waals surface area contributed by atoms with Crippen LogP contribution in [0.15, 0.2) is 12.3 Å². The van der Waals surface area contributed by atoms with Crippen molar-refractivity contribution in [1.82, 2.24) is 10.3 Å². The maximum atomic E-state index is 12.8. The second-order valence-electron chi connectivity index (χ2n) is 5.35. The number of pyridine rings is 1. The molecule has 0 aliphatic heterocycles. The van der Waals surface area contributed by atoms with E-state index in [9.17, 15) is 27.6 Å². The van der Waals surface area contributed by atoms with Crippen LogP contribution in [0.2, 0.25) is 5.02 Å². The summed E-state index contributed by atoms with van der Waals surface area (Å²) in [7, 11) is 0. The minimum absolute atomic E-state index is 0.117. The number of rotatable bonds is 7. The van der Waals surface area contributed by atoms with E-state index in [1.807, 2.05) is 0 Å². The van der Waals surface area contributed by atoms with E-state index in [1.165, 1.54) is 13.8 Å². The van der Waals surface area contributed by atoms with Crippen molar-refractivity contribution < 1.29 is 37.0 Å². The summed E-state index contributed by atoms with van der Waals surface area (Å²) in [6.45, 7) is 3.77. The lowest BCUT2D eigenvalue weighted by Crippen LogP contribution is -2.62. The first-order chi connectivity index (χ1) is 12.5. The zero-order valence-corrected chi connectivity index (χ0v) is 15.5. The molecule has 1 heterocycles. The second-order valence-corrected chi connectivity index (χ2v) is 5.76. The van der Waals surface area contributed by atoms with Gasteiger partial charge in [-0.1, -0.05) is 11.6 Å². The van der Waals surface area contributed by atoms with Crippen molar-refractivity contribution in [2.45, 2.75) is 38.9 Å². The molecular weight excluding hydrogens is 393 g/mol. The Morgan fingerprint density at radius 2 is 1.67 bits per heavy atom. The van der Waals surface area contributed by atoms with E-state index in [-0.39, 0.29) is 18.9 Å². The van der Waals surface area contributed by atoms with Gasteiger partial charge >= 0.3 is 18.1 Å². The van der Waals surface area contributed by atoms with Crippen LogP contribution in [0.1, 0.15) is 32.0 Å². The highest BCUT2D eigenvalue weighted by Gasteiger charge is 2.51. The van der Waals surface area contributed by atoms with Gasteiger partial charge in [-0.3, -0.25) is 9.78 Å². The number of carbonyl (C=O) groups excluding carboxylic acids is 3. The smallest absolute Gasteiger partial charge is 0.417 e. The number of carbonyl (C=O) groups is 3. The number of amides is 1. The van der Waals surface area contributed by atoms with Crippen LogP contribution < -0.4 is 5.32 Å². The maximum absolute atomic E-state index is 12.8. The van der Waals surface area contributed by atoms with Gasteiger partial charge in [0.05, 0.1) is 29.5 Å². The van der Waals surface area contributed by atoms with E-state index in [0.29, 0.717) is 12.3 Å². The molecule has 0 aliphatic carbocycles. The number of aromatic nitrogens is 1. The van der Waals surface area contributed by atoms with Gasteiger partial charge in [0.15, 0.2) is 0 Å². The summed E-state index contributed by atoms with van der Waals surface area (Å²) in [5, 5.41) is 1.74. The number of nitrogens with zero attached hydrogens (tertiary/aromatic N) is 1. The maximum Gasteiger partial charge on any atom is 0.417 e. The zero-order chi connectivity index (χ0) is 20.8. The first kappa shape index (κ1) is 22.7. The molecule has 0 saturated heterocycles. The van der Waals surface area contributed by atoms with Crippen molar-refractivity contribution in [2.75, 3.05) is 13.2 Å². The number of hydrogen-bond donors (Lipinski definition) is 1. The standard InChI is InChI=1S/C16H18ClF3N2O5/c1-4-26-13(24)15(22-9(3)23,14(25)27-5-2)7-12-11(17)6-10(8-21-12)16(18,19)20/h6,8H,4-5,7H2,1-3H3,(H,22,23). The molecule has 1 aromatic rings. The fourth-order valence-corrected chi connectivity index (χ4v) is 2.42. The highest BCUT2D eigenvalue weighted by molar-refractivity contribution is 6.31. The van der Waals surface area contributed by atoms with Gasteiger partial charge in [0.1, 0.15) is 0 Å². The predicted octanol–water partition coefficient (Wildman–Crippen LogP) is 2.30. The molecule has 11 heteroatoms. The van der Waals surface area contributed by atoms with E-state index in [2.05, 4.69) is 10.3 Å². The molecule has 0 aromatic carbocycles. The highest BCUT2D eigenvalue weighted by atomic mass is 35.5. The number of esters is 2. The van der Waals surface area contributed by atoms with Crippen molar-refractivity contribution in [1.29, 1.82) is 0 Å². The van der Waals surface area contributed by atoms with Gasteiger partial charge in [0.25, 0.3) is 0 Å². The molecule has 7 nitrogen and oxygen atoms in total. The lowest BCUT2D eigenvalue weighted by molar-refractivity contribution is -0.168. The fraction of sp³-hybridized carbons (Fsp3) is 0.500. The van der Waals surface area contributed by atoms with Gasteiger partial charge < -0.3 is 14.8 Å². The van der Waals surface area contributed by atoms with Crippen LogP contribution in [-0.2, 0) is 36.5 Å². The van der Waals surface area contributed by atoms with E-state index in [1.54, 1.807) is 0 Å². The second kappa shape index (κ2) is 9.03. The molecule has 0 unspecified atom stereocenters. The van der Waals surface area contributed by atoms with E-state index in [0.717, 1.165) is 6.92 Å². The molecule has 1 amide bonds. The summed E-state index contributed by atoms with van der Waals surface area (Å²) in [5.74, 6) is -3.05. The fourth-order valence-electron chi connectivity index (χ4n) is 2.19. The van der Waals surface area contributed by atoms with Crippen LogP contribution in [0.3, 0.4) is 0 Å². The van der Waals surface area contributed by atoms with Gasteiger partial charge in [-0.2, -0.15) is 13.2 Å². The van der Waals surface area contributed by atoms with Crippen LogP contribution in [0.4, 0.5) is 13.2 Å². The number of ether oxygens (including phenoxy) is 2. The Balaban J connectivity index is 3.44. The van der Waals surface area contributed by atoms with Crippen LogP contribution in [-0.4, -0.2) is 41.6 Å². The number of nitrogens with one attached hydrogen (secondary N) is 1. The molecule has 0 spiro atoms.